The molecule has 0 atom stereocenters. The Morgan fingerprint density at radius 1 is 1.30 bits per heavy atom. The SMILES string of the molecule is Cc1ccnc(N2CCN(CC(C)(C)O)CC2)c1CN. The summed E-state index contributed by atoms with van der Waals surface area (Å²) in [7, 11) is 0. The lowest BCUT2D eigenvalue weighted by Gasteiger charge is -2.38. The predicted octanol–water partition coefficient (Wildman–Crippen LogP) is 0.742. The van der Waals surface area contributed by atoms with Crippen LogP contribution in [0.2, 0.25) is 0 Å². The maximum Gasteiger partial charge on any atom is 0.133 e. The Bertz CT molecular complexity index is 448. The van der Waals surface area contributed by atoms with Gasteiger partial charge in [0.1, 0.15) is 5.82 Å². The first-order valence-corrected chi connectivity index (χ1v) is 7.25. The van der Waals surface area contributed by atoms with E-state index in [1.54, 1.807) is 0 Å². The first kappa shape index (κ1) is 15.2. The van der Waals surface area contributed by atoms with Crippen molar-refractivity contribution < 1.29 is 5.11 Å². The van der Waals surface area contributed by atoms with Crippen molar-refractivity contribution in [3.8, 4) is 0 Å². The molecule has 20 heavy (non-hydrogen) atoms. The van der Waals surface area contributed by atoms with Crippen LogP contribution >= 0.6 is 0 Å². The normalized spacial score (nSPS) is 17.6. The molecule has 1 saturated heterocycles. The lowest BCUT2D eigenvalue weighted by atomic mass is 10.1. The third-order valence-electron chi connectivity index (χ3n) is 3.75. The number of anilines is 1. The van der Waals surface area contributed by atoms with Crippen LogP contribution in [0.5, 0.6) is 0 Å². The Hall–Kier alpha value is -1.17. The number of pyridine rings is 1. The van der Waals surface area contributed by atoms with Gasteiger partial charge in [-0.3, -0.25) is 4.90 Å². The van der Waals surface area contributed by atoms with Crippen LogP contribution in [-0.2, 0) is 6.54 Å². The highest BCUT2D eigenvalue weighted by Gasteiger charge is 2.24. The molecule has 5 heteroatoms. The van der Waals surface area contributed by atoms with Crippen LogP contribution in [0, 0.1) is 6.92 Å². The summed E-state index contributed by atoms with van der Waals surface area (Å²) in [6, 6.07) is 2.01. The van der Waals surface area contributed by atoms with Gasteiger partial charge in [0.05, 0.1) is 5.60 Å². The molecule has 3 N–H and O–H groups in total. The van der Waals surface area contributed by atoms with E-state index in [9.17, 15) is 5.11 Å². The summed E-state index contributed by atoms with van der Waals surface area (Å²) < 4.78 is 0. The zero-order chi connectivity index (χ0) is 14.8. The molecule has 1 aromatic heterocycles. The molecule has 0 aromatic carbocycles. The van der Waals surface area contributed by atoms with E-state index >= 15 is 0 Å². The second kappa shape index (κ2) is 6.08. The molecule has 1 aliphatic rings. The fourth-order valence-electron chi connectivity index (χ4n) is 2.76. The number of hydrogen-bond acceptors (Lipinski definition) is 5. The fourth-order valence-corrected chi connectivity index (χ4v) is 2.76. The minimum Gasteiger partial charge on any atom is -0.389 e. The predicted molar refractivity (Wildman–Crippen MR) is 81.8 cm³/mol. The third kappa shape index (κ3) is 3.69. The lowest BCUT2D eigenvalue weighted by Crippen LogP contribution is -2.51. The quantitative estimate of drug-likeness (QED) is 0.850. The second-order valence-electron chi connectivity index (χ2n) is 6.21. The zero-order valence-corrected chi connectivity index (χ0v) is 12.8. The van der Waals surface area contributed by atoms with Crippen molar-refractivity contribution in [2.24, 2.45) is 5.73 Å². The molecule has 1 fully saturated rings. The van der Waals surface area contributed by atoms with Crippen LogP contribution in [0.25, 0.3) is 0 Å². The van der Waals surface area contributed by atoms with Crippen LogP contribution in [0.1, 0.15) is 25.0 Å². The summed E-state index contributed by atoms with van der Waals surface area (Å²) in [5, 5.41) is 9.89. The van der Waals surface area contributed by atoms with E-state index in [2.05, 4.69) is 21.7 Å². The van der Waals surface area contributed by atoms with Crippen molar-refractivity contribution in [3.63, 3.8) is 0 Å². The number of aliphatic hydroxyl groups is 1. The van der Waals surface area contributed by atoms with E-state index in [0.717, 1.165) is 37.6 Å². The topological polar surface area (TPSA) is 65.6 Å². The van der Waals surface area contributed by atoms with Gasteiger partial charge in [0.2, 0.25) is 0 Å². The van der Waals surface area contributed by atoms with Gasteiger partial charge in [-0.1, -0.05) is 0 Å². The Labute approximate surface area is 121 Å². The van der Waals surface area contributed by atoms with Gasteiger partial charge < -0.3 is 15.7 Å². The van der Waals surface area contributed by atoms with Gasteiger partial charge in [-0.05, 0) is 32.4 Å². The van der Waals surface area contributed by atoms with Crippen molar-refractivity contribution in [1.82, 2.24) is 9.88 Å². The Balaban J connectivity index is 2.02. The molecule has 2 heterocycles. The average molecular weight is 278 g/mol. The molecule has 1 aromatic rings. The van der Waals surface area contributed by atoms with E-state index in [-0.39, 0.29) is 0 Å². The number of hydrogen-bond donors (Lipinski definition) is 2. The molecule has 0 unspecified atom stereocenters. The van der Waals surface area contributed by atoms with Crippen LogP contribution < -0.4 is 10.6 Å². The van der Waals surface area contributed by atoms with E-state index < -0.39 is 5.60 Å². The van der Waals surface area contributed by atoms with Gasteiger partial charge in [-0.25, -0.2) is 4.98 Å². The smallest absolute Gasteiger partial charge is 0.133 e. The number of nitrogens with two attached hydrogens (primary N) is 1. The molecule has 5 nitrogen and oxygen atoms in total. The molecule has 0 spiro atoms. The minimum absolute atomic E-state index is 0.527. The largest absolute Gasteiger partial charge is 0.389 e. The highest BCUT2D eigenvalue weighted by Crippen LogP contribution is 2.22. The molecule has 0 bridgehead atoms. The number of aryl methyl sites for hydroxylation is 1. The van der Waals surface area contributed by atoms with E-state index in [4.69, 9.17) is 5.73 Å². The maximum absolute atomic E-state index is 9.89. The van der Waals surface area contributed by atoms with Crippen LogP contribution in [-0.4, -0.2) is 53.3 Å². The third-order valence-corrected chi connectivity index (χ3v) is 3.75. The Kier molecular flexibility index (Phi) is 4.62. The van der Waals surface area contributed by atoms with E-state index in [1.807, 2.05) is 26.1 Å². The summed E-state index contributed by atoms with van der Waals surface area (Å²) in [4.78, 5) is 9.11. The van der Waals surface area contributed by atoms with Crippen molar-refractivity contribution in [1.29, 1.82) is 0 Å². The number of aromatic nitrogens is 1. The van der Waals surface area contributed by atoms with Gasteiger partial charge in [0.25, 0.3) is 0 Å². The van der Waals surface area contributed by atoms with Gasteiger partial charge in [0, 0.05) is 51.0 Å². The monoisotopic (exact) mass is 278 g/mol. The highest BCUT2D eigenvalue weighted by atomic mass is 16.3. The van der Waals surface area contributed by atoms with Gasteiger partial charge in [-0.15, -0.1) is 0 Å². The molecule has 112 valence electrons. The summed E-state index contributed by atoms with van der Waals surface area (Å²) in [6.45, 7) is 10.8. The number of piperazine rings is 1. The summed E-state index contributed by atoms with van der Waals surface area (Å²) in [5.74, 6) is 1.02. The maximum atomic E-state index is 9.89. The zero-order valence-electron chi connectivity index (χ0n) is 12.8. The summed E-state index contributed by atoms with van der Waals surface area (Å²) >= 11 is 0. The van der Waals surface area contributed by atoms with Crippen LogP contribution in [0.15, 0.2) is 12.3 Å². The number of rotatable bonds is 4. The standard InChI is InChI=1S/C15H26N4O/c1-12-4-5-17-14(13(12)10-16)19-8-6-18(7-9-19)11-15(2,3)20/h4-5,20H,6-11,16H2,1-3H3. The molecule has 0 radical (unpaired) electrons. The van der Waals surface area contributed by atoms with Crippen molar-refractivity contribution >= 4 is 5.82 Å². The van der Waals surface area contributed by atoms with Crippen molar-refractivity contribution in [2.45, 2.75) is 32.9 Å². The van der Waals surface area contributed by atoms with Gasteiger partial charge >= 0.3 is 0 Å². The van der Waals surface area contributed by atoms with E-state index in [1.165, 1.54) is 5.56 Å². The molecule has 0 saturated carbocycles. The molecule has 0 amide bonds. The van der Waals surface area contributed by atoms with Crippen molar-refractivity contribution in [2.75, 3.05) is 37.6 Å². The number of nitrogens with zero attached hydrogens (tertiary/aromatic N) is 3. The van der Waals surface area contributed by atoms with E-state index in [0.29, 0.717) is 13.1 Å². The molecule has 2 rings (SSSR count). The average Bonchev–Trinajstić information content (AvgIpc) is 2.37. The number of β-amino-alcohol motifs (C(OH)–C–C–N with tert-alkyl or cyclic N) is 1. The Morgan fingerprint density at radius 2 is 1.95 bits per heavy atom. The second-order valence-corrected chi connectivity index (χ2v) is 6.21. The highest BCUT2D eigenvalue weighted by molar-refractivity contribution is 5.50. The van der Waals surface area contributed by atoms with Crippen molar-refractivity contribution in [3.05, 3.63) is 23.4 Å². The first-order valence-electron chi connectivity index (χ1n) is 7.25. The molecular formula is C15H26N4O. The molecular weight excluding hydrogens is 252 g/mol. The molecule has 0 aliphatic carbocycles. The van der Waals surface area contributed by atoms with Crippen LogP contribution in [0.4, 0.5) is 5.82 Å². The summed E-state index contributed by atoms with van der Waals surface area (Å²) in [5.41, 5.74) is 7.57. The molecule has 1 aliphatic heterocycles. The van der Waals surface area contributed by atoms with Crippen LogP contribution in [0.3, 0.4) is 0 Å². The Morgan fingerprint density at radius 3 is 2.50 bits per heavy atom. The fraction of sp³-hybridized carbons (Fsp3) is 0.667. The van der Waals surface area contributed by atoms with Gasteiger partial charge in [0.15, 0.2) is 0 Å². The lowest BCUT2D eigenvalue weighted by molar-refractivity contribution is 0.0344. The summed E-state index contributed by atoms with van der Waals surface area (Å²) in [6.07, 6.45) is 1.85. The first-order chi connectivity index (χ1) is 9.40. The van der Waals surface area contributed by atoms with Gasteiger partial charge in [-0.2, -0.15) is 0 Å². The minimum atomic E-state index is -0.633.